The lowest BCUT2D eigenvalue weighted by Gasteiger charge is -2.47. The maximum Gasteiger partial charge on any atom is 0.319 e. The van der Waals surface area contributed by atoms with Crippen molar-refractivity contribution in [1.29, 1.82) is 0 Å². The highest BCUT2D eigenvalue weighted by molar-refractivity contribution is 5.90. The lowest BCUT2D eigenvalue weighted by Crippen LogP contribution is -2.53. The van der Waals surface area contributed by atoms with Gasteiger partial charge in [-0.25, -0.2) is 4.79 Å². The largest absolute Gasteiger partial charge is 0.343 e. The number of aromatic nitrogens is 1. The molecule has 2 N–H and O–H groups in total. The van der Waals surface area contributed by atoms with Crippen molar-refractivity contribution in [3.8, 4) is 0 Å². The third kappa shape index (κ3) is 4.81. The Bertz CT molecular complexity index is 946. The molecule has 3 amide bonds. The lowest BCUT2D eigenvalue weighted by atomic mass is 9.81. The molecule has 1 aromatic rings. The summed E-state index contributed by atoms with van der Waals surface area (Å²) >= 11 is 0. The van der Waals surface area contributed by atoms with E-state index in [0.717, 1.165) is 69.7 Å². The van der Waals surface area contributed by atoms with Gasteiger partial charge < -0.3 is 20.1 Å². The molecule has 0 spiro atoms. The number of amides is 3. The summed E-state index contributed by atoms with van der Waals surface area (Å²) in [5.74, 6) is 0.854. The van der Waals surface area contributed by atoms with E-state index < -0.39 is 0 Å². The van der Waals surface area contributed by atoms with E-state index in [-0.39, 0.29) is 29.5 Å². The Hall–Kier alpha value is -2.35. The highest BCUT2D eigenvalue weighted by Gasteiger charge is 2.39. The van der Waals surface area contributed by atoms with Crippen molar-refractivity contribution in [2.24, 2.45) is 5.92 Å². The van der Waals surface area contributed by atoms with Crippen LogP contribution in [0, 0.1) is 5.92 Å². The zero-order valence-electron chi connectivity index (χ0n) is 19.7. The van der Waals surface area contributed by atoms with Gasteiger partial charge in [-0.05, 0) is 44.1 Å². The summed E-state index contributed by atoms with van der Waals surface area (Å²) in [4.78, 5) is 41.7. The third-order valence-corrected chi connectivity index (χ3v) is 8.23. The fourth-order valence-electron chi connectivity index (χ4n) is 6.59. The molecule has 4 heterocycles. The van der Waals surface area contributed by atoms with Crippen molar-refractivity contribution < 1.29 is 9.59 Å². The maximum absolute atomic E-state index is 12.8. The zero-order chi connectivity index (χ0) is 22.9. The van der Waals surface area contributed by atoms with Crippen LogP contribution in [0.2, 0.25) is 0 Å². The van der Waals surface area contributed by atoms with Crippen molar-refractivity contribution >= 4 is 17.6 Å². The predicted molar refractivity (Wildman–Crippen MR) is 127 cm³/mol. The minimum Gasteiger partial charge on any atom is -0.343 e. The van der Waals surface area contributed by atoms with Gasteiger partial charge in [0.1, 0.15) is 0 Å². The standard InChI is InChI=1S/C25H37N5O3/c1-17(31)28-11-9-21(10-12-28)29-14-18-13-19(16-29)24-22(7-8-23(32)30(24)15-18)27-25(33)26-20-5-3-2-4-6-20/h7-8,18-21H,2-6,9-16H2,1H3,(H2,26,27,33). The molecule has 33 heavy (non-hydrogen) atoms. The van der Waals surface area contributed by atoms with Crippen LogP contribution in [0.25, 0.3) is 0 Å². The van der Waals surface area contributed by atoms with Gasteiger partial charge in [0.25, 0.3) is 5.56 Å². The molecule has 5 rings (SSSR count). The van der Waals surface area contributed by atoms with Gasteiger partial charge >= 0.3 is 6.03 Å². The fraction of sp³-hybridized carbons (Fsp3) is 0.720. The van der Waals surface area contributed by atoms with E-state index in [0.29, 0.717) is 18.5 Å². The third-order valence-electron chi connectivity index (χ3n) is 8.23. The molecule has 3 fully saturated rings. The summed E-state index contributed by atoms with van der Waals surface area (Å²) in [6.07, 6.45) is 8.76. The van der Waals surface area contributed by atoms with Crippen LogP contribution in [0.1, 0.15) is 69.9 Å². The number of fused-ring (bicyclic) bond motifs is 4. The second kappa shape index (κ2) is 9.49. The number of carbonyl (C=O) groups is 2. The summed E-state index contributed by atoms with van der Waals surface area (Å²) in [7, 11) is 0. The van der Waals surface area contributed by atoms with Gasteiger partial charge in [-0.1, -0.05) is 19.3 Å². The Labute approximate surface area is 195 Å². The van der Waals surface area contributed by atoms with Crippen molar-refractivity contribution in [3.63, 3.8) is 0 Å². The van der Waals surface area contributed by atoms with Gasteiger partial charge in [0, 0.05) is 69.4 Å². The van der Waals surface area contributed by atoms with Crippen LogP contribution >= 0.6 is 0 Å². The Morgan fingerprint density at radius 2 is 1.73 bits per heavy atom. The number of piperidine rings is 2. The number of nitrogens with zero attached hydrogens (tertiary/aromatic N) is 3. The number of anilines is 1. The molecule has 1 aliphatic carbocycles. The molecular formula is C25H37N5O3. The summed E-state index contributed by atoms with van der Waals surface area (Å²) in [5, 5.41) is 6.23. The number of carbonyl (C=O) groups excluding carboxylic acids is 2. The molecule has 0 radical (unpaired) electrons. The highest BCUT2D eigenvalue weighted by Crippen LogP contribution is 2.40. The second-order valence-electron chi connectivity index (χ2n) is 10.5. The summed E-state index contributed by atoms with van der Waals surface area (Å²) in [6.45, 7) is 5.94. The van der Waals surface area contributed by atoms with Crippen LogP contribution in [0.5, 0.6) is 0 Å². The number of likely N-dealkylation sites (tertiary alicyclic amines) is 2. The number of nitrogens with one attached hydrogen (secondary N) is 2. The fourth-order valence-corrected chi connectivity index (χ4v) is 6.59. The van der Waals surface area contributed by atoms with Gasteiger partial charge in [0.2, 0.25) is 5.91 Å². The summed E-state index contributed by atoms with van der Waals surface area (Å²) in [5.41, 5.74) is 1.80. The molecule has 8 nitrogen and oxygen atoms in total. The van der Waals surface area contributed by atoms with Gasteiger partial charge in [0.05, 0.1) is 5.69 Å². The number of rotatable bonds is 3. The van der Waals surface area contributed by atoms with Crippen LogP contribution in [-0.4, -0.2) is 64.6 Å². The average molecular weight is 456 g/mol. The van der Waals surface area contributed by atoms with Crippen molar-refractivity contribution in [2.75, 3.05) is 31.5 Å². The Kier molecular flexibility index (Phi) is 6.45. The molecular weight excluding hydrogens is 418 g/mol. The first-order valence-electron chi connectivity index (χ1n) is 12.8. The molecule has 1 aromatic heterocycles. The summed E-state index contributed by atoms with van der Waals surface area (Å²) < 4.78 is 1.91. The number of hydrogen-bond donors (Lipinski definition) is 2. The van der Waals surface area contributed by atoms with E-state index in [1.165, 1.54) is 19.3 Å². The molecule has 3 aliphatic heterocycles. The molecule has 2 saturated heterocycles. The first kappa shape index (κ1) is 22.4. The van der Waals surface area contributed by atoms with Crippen molar-refractivity contribution in [2.45, 2.75) is 82.8 Å². The minimum absolute atomic E-state index is 0.0288. The molecule has 8 heteroatoms. The normalized spacial score (nSPS) is 26.5. The average Bonchev–Trinajstić information content (AvgIpc) is 2.81. The minimum atomic E-state index is -0.158. The highest BCUT2D eigenvalue weighted by atomic mass is 16.2. The van der Waals surface area contributed by atoms with E-state index >= 15 is 0 Å². The van der Waals surface area contributed by atoms with E-state index in [2.05, 4.69) is 15.5 Å². The first-order valence-corrected chi connectivity index (χ1v) is 12.8. The number of urea groups is 1. The molecule has 1 saturated carbocycles. The van der Waals surface area contributed by atoms with Crippen LogP contribution < -0.4 is 16.2 Å². The van der Waals surface area contributed by atoms with Gasteiger partial charge in [-0.2, -0.15) is 0 Å². The van der Waals surface area contributed by atoms with Crippen LogP contribution in [0.3, 0.4) is 0 Å². The first-order chi connectivity index (χ1) is 16.0. The molecule has 4 aliphatic rings. The SMILES string of the molecule is CC(=O)N1CCC(N2CC3CC(C2)c2c(NC(=O)NC4CCCCC4)ccc(=O)n2C3)CC1. The molecule has 180 valence electrons. The molecule has 2 atom stereocenters. The van der Waals surface area contributed by atoms with Gasteiger partial charge in [0.15, 0.2) is 0 Å². The van der Waals surface area contributed by atoms with E-state index in [1.807, 2.05) is 9.47 Å². The Balaban J connectivity index is 1.30. The molecule has 0 aromatic carbocycles. The van der Waals surface area contributed by atoms with Crippen molar-refractivity contribution in [1.82, 2.24) is 19.7 Å². The van der Waals surface area contributed by atoms with E-state index in [9.17, 15) is 14.4 Å². The topological polar surface area (TPSA) is 86.7 Å². The monoisotopic (exact) mass is 455 g/mol. The number of pyridine rings is 1. The van der Waals surface area contributed by atoms with Gasteiger partial charge in [-0.15, -0.1) is 0 Å². The van der Waals surface area contributed by atoms with Gasteiger partial charge in [-0.3, -0.25) is 14.5 Å². The molecule has 2 unspecified atom stereocenters. The smallest absolute Gasteiger partial charge is 0.319 e. The van der Waals surface area contributed by atoms with Crippen LogP contribution in [0.4, 0.5) is 10.5 Å². The summed E-state index contributed by atoms with van der Waals surface area (Å²) in [6, 6.07) is 3.96. The zero-order valence-corrected chi connectivity index (χ0v) is 19.7. The van der Waals surface area contributed by atoms with Crippen LogP contribution in [-0.2, 0) is 11.3 Å². The quantitative estimate of drug-likeness (QED) is 0.734. The Morgan fingerprint density at radius 1 is 0.970 bits per heavy atom. The Morgan fingerprint density at radius 3 is 2.45 bits per heavy atom. The van der Waals surface area contributed by atoms with E-state index in [1.54, 1.807) is 19.1 Å². The van der Waals surface area contributed by atoms with E-state index in [4.69, 9.17) is 0 Å². The number of hydrogen-bond acceptors (Lipinski definition) is 4. The second-order valence-corrected chi connectivity index (χ2v) is 10.5. The lowest BCUT2D eigenvalue weighted by molar-refractivity contribution is -0.130. The maximum atomic E-state index is 12.8. The molecule has 2 bridgehead atoms. The van der Waals surface area contributed by atoms with Crippen LogP contribution in [0.15, 0.2) is 16.9 Å². The predicted octanol–water partition coefficient (Wildman–Crippen LogP) is 2.73. The van der Waals surface area contributed by atoms with Crippen molar-refractivity contribution in [3.05, 3.63) is 28.2 Å².